The lowest BCUT2D eigenvalue weighted by atomic mass is 10.6. The Labute approximate surface area is 99.5 Å². The number of nitrogens with zero attached hydrogens (tertiary/aromatic N) is 3. The second kappa shape index (κ2) is 6.85. The van der Waals surface area contributed by atoms with Gasteiger partial charge in [-0.15, -0.1) is 10.2 Å². The van der Waals surface area contributed by atoms with Crippen LogP contribution in [0.3, 0.4) is 0 Å². The van der Waals surface area contributed by atoms with Crippen molar-refractivity contribution >= 4 is 11.8 Å². The maximum Gasteiger partial charge on any atom is 0.191 e. The second-order valence-corrected chi connectivity index (χ2v) is 4.05. The van der Waals surface area contributed by atoms with Gasteiger partial charge in [0, 0.05) is 20.8 Å². The summed E-state index contributed by atoms with van der Waals surface area (Å²) in [4.78, 5) is 0. The van der Waals surface area contributed by atoms with E-state index in [2.05, 4.69) is 10.2 Å². The van der Waals surface area contributed by atoms with Crippen LogP contribution in [-0.2, 0) is 22.6 Å². The minimum Gasteiger partial charge on any atom is -0.355 e. The Morgan fingerprint density at radius 2 is 2.06 bits per heavy atom. The summed E-state index contributed by atoms with van der Waals surface area (Å²) in [7, 11) is 3.23. The lowest BCUT2D eigenvalue weighted by molar-refractivity contribution is -0.0842. The third-order valence-electron chi connectivity index (χ3n) is 2.17. The first-order valence-electron chi connectivity index (χ1n) is 5.07. The van der Waals surface area contributed by atoms with Crippen molar-refractivity contribution in [1.82, 2.24) is 14.8 Å². The van der Waals surface area contributed by atoms with Gasteiger partial charge < -0.3 is 19.8 Å². The summed E-state index contributed by atoms with van der Waals surface area (Å²) in [5.41, 5.74) is 5.57. The van der Waals surface area contributed by atoms with E-state index in [0.29, 0.717) is 12.3 Å². The number of thioether (sulfide) groups is 1. The molecular formula is C9H18N4O2S. The minimum atomic E-state index is -0.228. The first-order chi connectivity index (χ1) is 7.76. The summed E-state index contributed by atoms with van der Waals surface area (Å²) in [6.07, 6.45) is -0.228. The Hall–Kier alpha value is -0.630. The van der Waals surface area contributed by atoms with E-state index in [4.69, 9.17) is 15.2 Å². The Bertz CT molecular complexity index is 314. The highest BCUT2D eigenvalue weighted by atomic mass is 32.2. The van der Waals surface area contributed by atoms with Gasteiger partial charge in [-0.2, -0.15) is 0 Å². The Kier molecular flexibility index (Phi) is 5.75. The van der Waals surface area contributed by atoms with Crippen molar-refractivity contribution in [3.8, 4) is 0 Å². The van der Waals surface area contributed by atoms with Gasteiger partial charge in [-0.1, -0.05) is 11.8 Å². The molecule has 0 fully saturated rings. The van der Waals surface area contributed by atoms with E-state index in [1.165, 1.54) is 0 Å². The fourth-order valence-corrected chi connectivity index (χ4v) is 2.32. The number of hydrogen-bond acceptors (Lipinski definition) is 6. The molecule has 0 amide bonds. The van der Waals surface area contributed by atoms with Crippen molar-refractivity contribution in [1.29, 1.82) is 0 Å². The van der Waals surface area contributed by atoms with Gasteiger partial charge in [0.1, 0.15) is 5.82 Å². The molecule has 1 aromatic rings. The Morgan fingerprint density at radius 1 is 1.38 bits per heavy atom. The molecule has 0 aliphatic rings. The van der Waals surface area contributed by atoms with Crippen LogP contribution in [-0.4, -0.2) is 41.0 Å². The second-order valence-electron chi connectivity index (χ2n) is 3.06. The normalized spacial score (nSPS) is 11.3. The molecule has 0 saturated heterocycles. The monoisotopic (exact) mass is 246 g/mol. The quantitative estimate of drug-likeness (QED) is 0.557. The third kappa shape index (κ3) is 3.18. The topological polar surface area (TPSA) is 75.2 Å². The Morgan fingerprint density at radius 3 is 2.56 bits per heavy atom. The van der Waals surface area contributed by atoms with Crippen molar-refractivity contribution in [2.24, 2.45) is 5.73 Å². The Balaban J connectivity index is 2.62. The van der Waals surface area contributed by atoms with E-state index in [1.54, 1.807) is 26.0 Å². The van der Waals surface area contributed by atoms with Crippen LogP contribution in [0, 0.1) is 0 Å². The number of aromatic nitrogens is 3. The summed E-state index contributed by atoms with van der Waals surface area (Å²) >= 11 is 1.55. The van der Waals surface area contributed by atoms with Crippen LogP contribution in [0.5, 0.6) is 0 Å². The molecule has 0 radical (unpaired) electrons. The fourth-order valence-electron chi connectivity index (χ4n) is 1.27. The standard InChI is InChI=1S/C9H18N4O2S/c1-4-13-7(5-10)11-12-9(13)16-6-8(14-2)15-3/h8H,4-6,10H2,1-3H3. The molecule has 1 rings (SSSR count). The SMILES string of the molecule is CCn1c(CN)nnc1SCC(OC)OC. The molecule has 0 unspecified atom stereocenters. The van der Waals surface area contributed by atoms with Crippen LogP contribution >= 0.6 is 11.8 Å². The molecule has 2 N–H and O–H groups in total. The number of hydrogen-bond donors (Lipinski definition) is 1. The number of rotatable bonds is 7. The smallest absolute Gasteiger partial charge is 0.191 e. The van der Waals surface area contributed by atoms with Crippen LogP contribution in [0.4, 0.5) is 0 Å². The first kappa shape index (κ1) is 13.4. The molecule has 0 atom stereocenters. The van der Waals surface area contributed by atoms with Crippen molar-refractivity contribution in [3.63, 3.8) is 0 Å². The van der Waals surface area contributed by atoms with Crippen LogP contribution in [0.2, 0.25) is 0 Å². The molecular weight excluding hydrogens is 228 g/mol. The molecule has 1 heterocycles. The predicted octanol–water partition coefficient (Wildman–Crippen LogP) is 0.468. The van der Waals surface area contributed by atoms with Crippen molar-refractivity contribution in [2.45, 2.75) is 31.5 Å². The van der Waals surface area contributed by atoms with Crippen LogP contribution in [0.1, 0.15) is 12.7 Å². The average Bonchev–Trinajstić information content (AvgIpc) is 2.72. The molecule has 7 heteroatoms. The number of ether oxygens (including phenoxy) is 2. The lowest BCUT2D eigenvalue weighted by Crippen LogP contribution is -2.16. The van der Waals surface area contributed by atoms with E-state index in [1.807, 2.05) is 11.5 Å². The summed E-state index contributed by atoms with van der Waals surface area (Å²) in [5.74, 6) is 1.48. The maximum atomic E-state index is 5.57. The zero-order valence-electron chi connectivity index (χ0n) is 9.84. The zero-order chi connectivity index (χ0) is 12.0. The molecule has 0 aliphatic heterocycles. The maximum absolute atomic E-state index is 5.57. The summed E-state index contributed by atoms with van der Waals surface area (Å²) in [6, 6.07) is 0. The predicted molar refractivity (Wildman–Crippen MR) is 62.1 cm³/mol. The molecule has 0 spiro atoms. The largest absolute Gasteiger partial charge is 0.355 e. The molecule has 1 aromatic heterocycles. The van der Waals surface area contributed by atoms with Gasteiger partial charge in [-0.05, 0) is 6.92 Å². The highest BCUT2D eigenvalue weighted by molar-refractivity contribution is 7.99. The van der Waals surface area contributed by atoms with Crippen LogP contribution in [0.15, 0.2) is 5.16 Å². The van der Waals surface area contributed by atoms with E-state index < -0.39 is 0 Å². The summed E-state index contributed by atoms with van der Waals surface area (Å²) in [5, 5.41) is 8.95. The third-order valence-corrected chi connectivity index (χ3v) is 3.17. The van der Waals surface area contributed by atoms with Crippen molar-refractivity contribution in [3.05, 3.63) is 5.82 Å². The van der Waals surface area contributed by atoms with Gasteiger partial charge >= 0.3 is 0 Å². The van der Waals surface area contributed by atoms with Gasteiger partial charge in [0.15, 0.2) is 11.4 Å². The van der Waals surface area contributed by atoms with Crippen LogP contribution < -0.4 is 5.73 Å². The van der Waals surface area contributed by atoms with Gasteiger partial charge in [0.05, 0.1) is 12.3 Å². The zero-order valence-corrected chi connectivity index (χ0v) is 10.7. The molecule has 0 aliphatic carbocycles. The lowest BCUT2D eigenvalue weighted by Gasteiger charge is -2.12. The molecule has 0 aromatic carbocycles. The first-order valence-corrected chi connectivity index (χ1v) is 6.05. The number of nitrogens with two attached hydrogens (primary N) is 1. The van der Waals surface area contributed by atoms with E-state index >= 15 is 0 Å². The molecule has 0 saturated carbocycles. The van der Waals surface area contributed by atoms with Gasteiger partial charge in [-0.25, -0.2) is 0 Å². The summed E-state index contributed by atoms with van der Waals surface area (Å²) in [6.45, 7) is 3.25. The molecule has 0 bridgehead atoms. The minimum absolute atomic E-state index is 0.228. The van der Waals surface area contributed by atoms with Crippen molar-refractivity contribution in [2.75, 3.05) is 20.0 Å². The summed E-state index contributed by atoms with van der Waals surface area (Å²) < 4.78 is 12.2. The van der Waals surface area contributed by atoms with Crippen LogP contribution in [0.25, 0.3) is 0 Å². The molecule has 6 nitrogen and oxygen atoms in total. The molecule has 16 heavy (non-hydrogen) atoms. The number of methoxy groups -OCH3 is 2. The average molecular weight is 246 g/mol. The van der Waals surface area contributed by atoms with Gasteiger partial charge in [-0.3, -0.25) is 0 Å². The fraction of sp³-hybridized carbons (Fsp3) is 0.778. The van der Waals surface area contributed by atoms with E-state index in [-0.39, 0.29) is 6.29 Å². The van der Waals surface area contributed by atoms with Gasteiger partial charge in [0.2, 0.25) is 0 Å². The van der Waals surface area contributed by atoms with Crippen molar-refractivity contribution < 1.29 is 9.47 Å². The van der Waals surface area contributed by atoms with Gasteiger partial charge in [0.25, 0.3) is 0 Å². The van der Waals surface area contributed by atoms with E-state index in [9.17, 15) is 0 Å². The molecule has 92 valence electrons. The highest BCUT2D eigenvalue weighted by Crippen LogP contribution is 2.18. The highest BCUT2D eigenvalue weighted by Gasteiger charge is 2.12. The van der Waals surface area contributed by atoms with E-state index in [0.717, 1.165) is 17.5 Å².